The van der Waals surface area contributed by atoms with E-state index >= 15 is 0 Å². The van der Waals surface area contributed by atoms with Crippen LogP contribution in [0.2, 0.25) is 0 Å². The van der Waals surface area contributed by atoms with Crippen molar-refractivity contribution in [3.8, 4) is 5.69 Å². The fourth-order valence-electron chi connectivity index (χ4n) is 2.54. The average Bonchev–Trinajstić information content (AvgIpc) is 2.66. The number of rotatable bonds is 4. The molecule has 9 heteroatoms. The van der Waals surface area contributed by atoms with Crippen LogP contribution in [-0.4, -0.2) is 20.7 Å². The molecule has 3 rings (SSSR count). The van der Waals surface area contributed by atoms with Crippen molar-refractivity contribution >= 4 is 5.91 Å². The van der Waals surface area contributed by atoms with Crippen molar-refractivity contribution in [1.82, 2.24) is 20.1 Å². The molecule has 144 valence electrons. The highest BCUT2D eigenvalue weighted by Gasteiger charge is 2.30. The van der Waals surface area contributed by atoms with Crippen LogP contribution in [0.4, 0.5) is 13.2 Å². The Kier molecular flexibility index (Phi) is 5.25. The third-order valence-electron chi connectivity index (χ3n) is 3.90. The molecule has 0 saturated carbocycles. The third-order valence-corrected chi connectivity index (χ3v) is 3.90. The van der Waals surface area contributed by atoms with E-state index in [1.54, 1.807) is 24.4 Å². The Morgan fingerprint density at radius 1 is 1.14 bits per heavy atom. The van der Waals surface area contributed by atoms with Gasteiger partial charge in [-0.1, -0.05) is 12.1 Å². The van der Waals surface area contributed by atoms with Crippen LogP contribution in [-0.2, 0) is 12.7 Å². The van der Waals surface area contributed by atoms with E-state index in [0.717, 1.165) is 22.9 Å². The van der Waals surface area contributed by atoms with Crippen molar-refractivity contribution in [1.29, 1.82) is 0 Å². The highest BCUT2D eigenvalue weighted by atomic mass is 19.4. The topological polar surface area (TPSA) is 76.9 Å². The molecule has 1 aromatic carbocycles. The van der Waals surface area contributed by atoms with Crippen LogP contribution in [0, 0.1) is 6.92 Å². The second kappa shape index (κ2) is 7.63. The van der Waals surface area contributed by atoms with E-state index in [2.05, 4.69) is 15.4 Å². The lowest BCUT2D eigenvalue weighted by Crippen LogP contribution is -2.31. The van der Waals surface area contributed by atoms with Gasteiger partial charge in [0.1, 0.15) is 0 Å². The molecule has 0 unspecified atom stereocenters. The number of nitrogens with one attached hydrogen (secondary N) is 1. The summed E-state index contributed by atoms with van der Waals surface area (Å²) in [5, 5.41) is 6.51. The highest BCUT2D eigenvalue weighted by molar-refractivity contribution is 5.91. The van der Waals surface area contributed by atoms with E-state index in [9.17, 15) is 22.8 Å². The maximum atomic E-state index is 13.0. The normalized spacial score (nSPS) is 11.3. The molecular weight excluding hydrogens is 373 g/mol. The van der Waals surface area contributed by atoms with Crippen molar-refractivity contribution in [3.63, 3.8) is 0 Å². The number of benzene rings is 1. The Hall–Kier alpha value is -3.49. The SMILES string of the molecule is Cc1cc(=O)c(C(=O)NCc2ccccn2)nn1-c1cccc(C(F)(F)F)c1. The van der Waals surface area contributed by atoms with Crippen LogP contribution in [0.1, 0.15) is 27.4 Å². The number of aryl methyl sites for hydroxylation is 1. The van der Waals surface area contributed by atoms with E-state index in [0.29, 0.717) is 11.4 Å². The fourth-order valence-corrected chi connectivity index (χ4v) is 2.54. The first-order valence-electron chi connectivity index (χ1n) is 8.22. The Labute approximate surface area is 157 Å². The quantitative estimate of drug-likeness (QED) is 0.746. The molecule has 1 N–H and O–H groups in total. The van der Waals surface area contributed by atoms with Crippen molar-refractivity contribution < 1.29 is 18.0 Å². The smallest absolute Gasteiger partial charge is 0.345 e. The van der Waals surface area contributed by atoms with Crippen LogP contribution < -0.4 is 10.7 Å². The lowest BCUT2D eigenvalue weighted by Gasteiger charge is -2.13. The molecule has 2 aromatic heterocycles. The summed E-state index contributed by atoms with van der Waals surface area (Å²) in [7, 11) is 0. The zero-order chi connectivity index (χ0) is 20.3. The predicted octanol–water partition coefficient (Wildman–Crippen LogP) is 2.88. The largest absolute Gasteiger partial charge is 0.416 e. The number of pyridine rings is 1. The maximum absolute atomic E-state index is 13.0. The van der Waals surface area contributed by atoms with Crippen molar-refractivity contribution in [2.45, 2.75) is 19.6 Å². The molecular formula is C19H15F3N4O2. The van der Waals surface area contributed by atoms with Gasteiger partial charge in [0, 0.05) is 18.0 Å². The molecule has 1 amide bonds. The molecule has 2 heterocycles. The molecule has 6 nitrogen and oxygen atoms in total. The lowest BCUT2D eigenvalue weighted by atomic mass is 10.2. The summed E-state index contributed by atoms with van der Waals surface area (Å²) >= 11 is 0. The van der Waals surface area contributed by atoms with Gasteiger partial charge in [0.25, 0.3) is 5.91 Å². The van der Waals surface area contributed by atoms with E-state index in [-0.39, 0.29) is 12.2 Å². The Morgan fingerprint density at radius 2 is 1.93 bits per heavy atom. The first kappa shape index (κ1) is 19.3. The van der Waals surface area contributed by atoms with Gasteiger partial charge in [-0.25, -0.2) is 4.68 Å². The second-order valence-electron chi connectivity index (χ2n) is 5.96. The number of carbonyl (C=O) groups excluding carboxylic acids is 1. The third kappa shape index (κ3) is 4.25. The summed E-state index contributed by atoms with van der Waals surface area (Å²) in [6.07, 6.45) is -2.96. The molecule has 0 aliphatic carbocycles. The van der Waals surface area contributed by atoms with Gasteiger partial charge < -0.3 is 5.32 Å². The zero-order valence-corrected chi connectivity index (χ0v) is 14.7. The van der Waals surface area contributed by atoms with Crippen LogP contribution >= 0.6 is 0 Å². The van der Waals surface area contributed by atoms with Crippen molar-refractivity contribution in [3.05, 3.63) is 87.6 Å². The van der Waals surface area contributed by atoms with Gasteiger partial charge >= 0.3 is 6.18 Å². The van der Waals surface area contributed by atoms with Gasteiger partial charge in [0.2, 0.25) is 5.43 Å². The van der Waals surface area contributed by atoms with Crippen molar-refractivity contribution in [2.24, 2.45) is 0 Å². The number of nitrogens with zero attached hydrogens (tertiary/aromatic N) is 3. The van der Waals surface area contributed by atoms with Crippen LogP contribution in [0.3, 0.4) is 0 Å². The summed E-state index contributed by atoms with van der Waals surface area (Å²) in [5.41, 5.74) is -0.929. The van der Waals surface area contributed by atoms with Gasteiger partial charge in [0.05, 0.1) is 23.5 Å². The van der Waals surface area contributed by atoms with Gasteiger partial charge in [-0.15, -0.1) is 0 Å². The van der Waals surface area contributed by atoms with Crippen LogP contribution in [0.5, 0.6) is 0 Å². The number of aromatic nitrogens is 3. The number of hydrogen-bond acceptors (Lipinski definition) is 4. The Morgan fingerprint density at radius 3 is 2.61 bits per heavy atom. The summed E-state index contributed by atoms with van der Waals surface area (Å²) in [4.78, 5) is 28.6. The number of carbonyl (C=O) groups is 1. The summed E-state index contributed by atoms with van der Waals surface area (Å²) in [6.45, 7) is 1.60. The second-order valence-corrected chi connectivity index (χ2v) is 5.96. The number of halogens is 3. The first-order chi connectivity index (χ1) is 13.3. The van der Waals surface area contributed by atoms with E-state index in [1.807, 2.05) is 0 Å². The Balaban J connectivity index is 1.93. The minimum atomic E-state index is -4.52. The fraction of sp³-hybridized carbons (Fsp3) is 0.158. The minimum absolute atomic E-state index is 0.0816. The first-order valence-corrected chi connectivity index (χ1v) is 8.22. The number of amides is 1. The molecule has 0 radical (unpaired) electrons. The summed E-state index contributed by atoms with van der Waals surface area (Å²) in [5.74, 6) is -0.739. The highest BCUT2D eigenvalue weighted by Crippen LogP contribution is 2.30. The van der Waals surface area contributed by atoms with Gasteiger partial charge in [-0.3, -0.25) is 14.6 Å². The van der Waals surface area contributed by atoms with Gasteiger partial charge in [0.15, 0.2) is 5.69 Å². The summed E-state index contributed by atoms with van der Waals surface area (Å²) < 4.78 is 40.0. The monoisotopic (exact) mass is 388 g/mol. The molecule has 28 heavy (non-hydrogen) atoms. The molecule has 0 spiro atoms. The maximum Gasteiger partial charge on any atom is 0.416 e. The van der Waals surface area contributed by atoms with E-state index < -0.39 is 28.8 Å². The predicted molar refractivity (Wildman–Crippen MR) is 95.0 cm³/mol. The molecule has 0 bridgehead atoms. The van der Waals surface area contributed by atoms with E-state index in [4.69, 9.17) is 0 Å². The molecule has 0 aliphatic rings. The Bertz CT molecular complexity index is 1060. The van der Waals surface area contributed by atoms with Crippen LogP contribution in [0.25, 0.3) is 5.69 Å². The van der Waals surface area contributed by atoms with Gasteiger partial charge in [-0.05, 0) is 37.3 Å². The van der Waals surface area contributed by atoms with Gasteiger partial charge in [-0.2, -0.15) is 18.3 Å². The molecule has 0 aliphatic heterocycles. The molecule has 0 saturated heterocycles. The van der Waals surface area contributed by atoms with Crippen LogP contribution in [0.15, 0.2) is 59.5 Å². The van der Waals surface area contributed by atoms with E-state index in [1.165, 1.54) is 19.1 Å². The molecule has 0 atom stereocenters. The van der Waals surface area contributed by atoms with Crippen molar-refractivity contribution in [2.75, 3.05) is 0 Å². The molecule has 0 fully saturated rings. The zero-order valence-electron chi connectivity index (χ0n) is 14.7. The number of alkyl halides is 3. The summed E-state index contributed by atoms with van der Waals surface area (Å²) in [6, 6.07) is 10.8. The standard InChI is InChI=1S/C19H15F3N4O2/c1-12-9-16(27)17(18(28)24-11-14-6-2-3-8-23-14)25-26(12)15-7-4-5-13(10-15)19(20,21)22/h2-10H,11H2,1H3,(H,24,28). The lowest BCUT2D eigenvalue weighted by molar-refractivity contribution is -0.137. The average molecular weight is 388 g/mol. The minimum Gasteiger partial charge on any atom is -0.345 e. The number of hydrogen-bond donors (Lipinski definition) is 1. The molecule has 3 aromatic rings.